The third-order valence-corrected chi connectivity index (χ3v) is 4.63. The van der Waals surface area contributed by atoms with Crippen LogP contribution in [0, 0.1) is 0 Å². The molecule has 1 aromatic rings. The summed E-state index contributed by atoms with van der Waals surface area (Å²) in [5.74, 6) is 0.596. The quantitative estimate of drug-likeness (QED) is 0.866. The molecule has 2 heterocycles. The van der Waals surface area contributed by atoms with E-state index in [4.69, 9.17) is 4.74 Å². The molecule has 0 spiro atoms. The van der Waals surface area contributed by atoms with Crippen molar-refractivity contribution >= 4 is 11.8 Å². The topological polar surface area (TPSA) is 71.5 Å². The number of ether oxygens (including phenoxy) is 1. The molecule has 2 amide bonds. The van der Waals surface area contributed by atoms with E-state index >= 15 is 0 Å². The van der Waals surface area contributed by atoms with Gasteiger partial charge < -0.3 is 15.0 Å². The van der Waals surface area contributed by atoms with Crippen LogP contribution in [0.15, 0.2) is 18.3 Å². The number of aromatic nitrogens is 1. The number of hydrogen-bond donors (Lipinski definition) is 1. The number of amides is 2. The van der Waals surface area contributed by atoms with E-state index in [0.29, 0.717) is 31.5 Å². The maximum atomic E-state index is 12.0. The van der Waals surface area contributed by atoms with Crippen molar-refractivity contribution in [2.75, 3.05) is 13.1 Å². The van der Waals surface area contributed by atoms with Crippen molar-refractivity contribution in [3.05, 3.63) is 23.9 Å². The van der Waals surface area contributed by atoms with Crippen LogP contribution >= 0.6 is 0 Å². The van der Waals surface area contributed by atoms with Gasteiger partial charge in [-0.05, 0) is 44.1 Å². The van der Waals surface area contributed by atoms with Crippen LogP contribution in [0.4, 0.5) is 0 Å². The van der Waals surface area contributed by atoms with Gasteiger partial charge in [-0.15, -0.1) is 0 Å². The Bertz CT molecular complexity index is 567. The molecule has 0 bridgehead atoms. The van der Waals surface area contributed by atoms with E-state index in [1.54, 1.807) is 11.1 Å². The summed E-state index contributed by atoms with van der Waals surface area (Å²) in [5, 5.41) is 2.85. The van der Waals surface area contributed by atoms with Gasteiger partial charge in [0.1, 0.15) is 6.10 Å². The third-order valence-electron chi connectivity index (χ3n) is 4.63. The zero-order valence-electron chi connectivity index (χ0n) is 14.0. The minimum Gasteiger partial charge on any atom is -0.474 e. The summed E-state index contributed by atoms with van der Waals surface area (Å²) in [4.78, 5) is 29.6. The predicted molar refractivity (Wildman–Crippen MR) is 89.4 cm³/mol. The molecule has 0 aromatic carbocycles. The summed E-state index contributed by atoms with van der Waals surface area (Å²) in [5.41, 5.74) is 0.923. The van der Waals surface area contributed by atoms with Gasteiger partial charge in [-0.25, -0.2) is 4.98 Å². The summed E-state index contributed by atoms with van der Waals surface area (Å²) in [6, 6.07) is 3.78. The molecule has 1 saturated carbocycles. The van der Waals surface area contributed by atoms with Crippen molar-refractivity contribution in [3.8, 4) is 5.88 Å². The van der Waals surface area contributed by atoms with Crippen LogP contribution in [0.3, 0.4) is 0 Å². The number of carbonyl (C=O) groups excluding carboxylic acids is 2. The van der Waals surface area contributed by atoms with Crippen molar-refractivity contribution in [1.82, 2.24) is 15.2 Å². The first-order chi connectivity index (χ1) is 11.7. The van der Waals surface area contributed by atoms with E-state index in [1.165, 1.54) is 12.8 Å². The lowest BCUT2D eigenvalue weighted by molar-refractivity contribution is -0.137. The Morgan fingerprint density at radius 1 is 1.25 bits per heavy atom. The van der Waals surface area contributed by atoms with Gasteiger partial charge in [0.05, 0.1) is 6.54 Å². The molecular weight excluding hydrogens is 306 g/mol. The van der Waals surface area contributed by atoms with Crippen LogP contribution in [-0.4, -0.2) is 40.9 Å². The zero-order valence-corrected chi connectivity index (χ0v) is 14.0. The molecule has 1 aliphatic carbocycles. The van der Waals surface area contributed by atoms with Gasteiger partial charge in [-0.2, -0.15) is 0 Å². The van der Waals surface area contributed by atoms with Crippen molar-refractivity contribution in [2.24, 2.45) is 0 Å². The minimum absolute atomic E-state index is 0.0754. The van der Waals surface area contributed by atoms with Gasteiger partial charge in [0, 0.05) is 31.8 Å². The number of nitrogens with one attached hydrogen (secondary N) is 1. The van der Waals surface area contributed by atoms with Crippen molar-refractivity contribution < 1.29 is 14.3 Å². The Kier molecular flexibility index (Phi) is 5.67. The molecule has 2 fully saturated rings. The molecule has 1 aliphatic heterocycles. The highest BCUT2D eigenvalue weighted by Crippen LogP contribution is 2.22. The predicted octanol–water partition coefficient (Wildman–Crippen LogP) is 2.03. The van der Waals surface area contributed by atoms with Gasteiger partial charge in [0.25, 0.3) is 0 Å². The molecule has 3 rings (SSSR count). The van der Waals surface area contributed by atoms with E-state index in [2.05, 4.69) is 10.3 Å². The van der Waals surface area contributed by atoms with Crippen LogP contribution in [0.25, 0.3) is 0 Å². The number of hydrogen-bond acceptors (Lipinski definition) is 4. The number of nitrogens with zero attached hydrogens (tertiary/aromatic N) is 2. The van der Waals surface area contributed by atoms with Crippen LogP contribution in [0.5, 0.6) is 5.88 Å². The standard InChI is InChI=1S/C18H25N3O3/c22-16(13-21-10-4-3-7-18(21)23)19-11-14-8-9-17(20-12-14)24-15-5-1-2-6-15/h8-9,12,15H,1-7,10-11,13H2,(H,19,22). The molecule has 0 atom stereocenters. The second-order valence-corrected chi connectivity index (χ2v) is 6.58. The van der Waals surface area contributed by atoms with Crippen LogP contribution < -0.4 is 10.1 Å². The largest absolute Gasteiger partial charge is 0.474 e. The zero-order chi connectivity index (χ0) is 16.8. The number of likely N-dealkylation sites (tertiary alicyclic amines) is 1. The summed E-state index contributed by atoms with van der Waals surface area (Å²) >= 11 is 0. The van der Waals surface area contributed by atoms with Gasteiger partial charge in [0.15, 0.2) is 0 Å². The Balaban J connectivity index is 1.42. The van der Waals surface area contributed by atoms with Crippen molar-refractivity contribution in [3.63, 3.8) is 0 Å². The monoisotopic (exact) mass is 331 g/mol. The van der Waals surface area contributed by atoms with Crippen LogP contribution in [0.1, 0.15) is 50.5 Å². The van der Waals surface area contributed by atoms with E-state index in [9.17, 15) is 9.59 Å². The lowest BCUT2D eigenvalue weighted by Crippen LogP contribution is -2.42. The maximum Gasteiger partial charge on any atom is 0.239 e. The molecule has 1 N–H and O–H groups in total. The minimum atomic E-state index is -0.128. The van der Waals surface area contributed by atoms with Gasteiger partial charge in [-0.3, -0.25) is 9.59 Å². The molecule has 6 heteroatoms. The molecule has 2 aliphatic rings. The molecule has 1 aromatic heterocycles. The molecule has 1 saturated heterocycles. The van der Waals surface area contributed by atoms with Gasteiger partial charge >= 0.3 is 0 Å². The number of carbonyl (C=O) groups is 2. The molecule has 0 radical (unpaired) electrons. The summed E-state index contributed by atoms with van der Waals surface area (Å²) in [7, 11) is 0. The fourth-order valence-corrected chi connectivity index (χ4v) is 3.22. The average molecular weight is 331 g/mol. The van der Waals surface area contributed by atoms with Crippen molar-refractivity contribution in [1.29, 1.82) is 0 Å². The third kappa shape index (κ3) is 4.69. The second-order valence-electron chi connectivity index (χ2n) is 6.58. The molecular formula is C18H25N3O3. The Labute approximate surface area is 142 Å². The Hall–Kier alpha value is -2.11. The summed E-state index contributed by atoms with van der Waals surface area (Å²) < 4.78 is 5.83. The second kappa shape index (κ2) is 8.13. The lowest BCUT2D eigenvalue weighted by Gasteiger charge is -2.25. The normalized spacial score (nSPS) is 18.7. The molecule has 24 heavy (non-hydrogen) atoms. The summed E-state index contributed by atoms with van der Waals surface area (Å²) in [6.45, 7) is 1.24. The van der Waals surface area contributed by atoms with Gasteiger partial charge in [0.2, 0.25) is 17.7 Å². The average Bonchev–Trinajstić information content (AvgIpc) is 3.09. The van der Waals surface area contributed by atoms with E-state index in [-0.39, 0.29) is 18.4 Å². The fourth-order valence-electron chi connectivity index (χ4n) is 3.22. The SMILES string of the molecule is O=C(CN1CCCCC1=O)NCc1ccc(OC2CCCC2)nc1. The first-order valence-electron chi connectivity index (χ1n) is 8.87. The Morgan fingerprint density at radius 3 is 2.79 bits per heavy atom. The molecule has 130 valence electrons. The fraction of sp³-hybridized carbons (Fsp3) is 0.611. The number of rotatable bonds is 6. The highest BCUT2D eigenvalue weighted by Gasteiger charge is 2.20. The summed E-state index contributed by atoms with van der Waals surface area (Å²) in [6.07, 6.45) is 9.16. The highest BCUT2D eigenvalue weighted by atomic mass is 16.5. The van der Waals surface area contributed by atoms with E-state index in [0.717, 1.165) is 31.2 Å². The van der Waals surface area contributed by atoms with Crippen LogP contribution in [-0.2, 0) is 16.1 Å². The first-order valence-corrected chi connectivity index (χ1v) is 8.87. The van der Waals surface area contributed by atoms with E-state index < -0.39 is 0 Å². The Morgan fingerprint density at radius 2 is 2.08 bits per heavy atom. The number of piperidine rings is 1. The van der Waals surface area contributed by atoms with Crippen molar-refractivity contribution in [2.45, 2.75) is 57.6 Å². The lowest BCUT2D eigenvalue weighted by atomic mass is 10.1. The maximum absolute atomic E-state index is 12.0. The molecule has 6 nitrogen and oxygen atoms in total. The first kappa shape index (κ1) is 16.7. The van der Waals surface area contributed by atoms with Crippen LogP contribution in [0.2, 0.25) is 0 Å². The molecule has 0 unspecified atom stereocenters. The number of pyridine rings is 1. The van der Waals surface area contributed by atoms with E-state index in [1.807, 2.05) is 12.1 Å². The smallest absolute Gasteiger partial charge is 0.239 e. The van der Waals surface area contributed by atoms with Gasteiger partial charge in [-0.1, -0.05) is 6.07 Å². The highest BCUT2D eigenvalue weighted by molar-refractivity contribution is 5.85.